The van der Waals surface area contributed by atoms with Crippen LogP contribution in [0.15, 0.2) is 42.5 Å². The molecule has 0 aliphatic carbocycles. The van der Waals surface area contributed by atoms with Crippen LogP contribution in [-0.2, 0) is 9.59 Å². The first-order valence-electron chi connectivity index (χ1n) is 8.46. The molecule has 2 N–H and O–H groups in total. The van der Waals surface area contributed by atoms with Crippen molar-refractivity contribution >= 4 is 11.9 Å². The maximum atomic E-state index is 12.3. The first-order chi connectivity index (χ1) is 13.5. The number of rotatable bonds is 10. The Morgan fingerprint density at radius 1 is 0.964 bits per heavy atom. The molecule has 2 rings (SSSR count). The maximum absolute atomic E-state index is 12.3. The van der Waals surface area contributed by atoms with Gasteiger partial charge in [-0.15, -0.1) is 0 Å². The van der Waals surface area contributed by atoms with E-state index in [1.165, 1.54) is 21.3 Å². The lowest BCUT2D eigenvalue weighted by molar-refractivity contribution is -0.137. The molecule has 8 heteroatoms. The minimum absolute atomic E-state index is 0.276. The highest BCUT2D eigenvalue weighted by atomic mass is 16.5. The van der Waals surface area contributed by atoms with Crippen molar-refractivity contribution in [3.63, 3.8) is 0 Å². The van der Waals surface area contributed by atoms with Crippen LogP contribution < -0.4 is 24.3 Å². The number of benzene rings is 2. The number of ether oxygens (including phenoxy) is 4. The predicted octanol–water partition coefficient (Wildman–Crippen LogP) is 2.42. The quantitative estimate of drug-likeness (QED) is 0.643. The third-order valence-corrected chi connectivity index (χ3v) is 3.94. The third-order valence-electron chi connectivity index (χ3n) is 3.94. The van der Waals surface area contributed by atoms with Crippen molar-refractivity contribution < 1.29 is 33.6 Å². The first kappa shape index (κ1) is 20.9. The lowest BCUT2D eigenvalue weighted by atomic mass is 10.0. The number of carbonyl (C=O) groups excluding carboxylic acids is 1. The van der Waals surface area contributed by atoms with E-state index in [2.05, 4.69) is 5.32 Å². The van der Waals surface area contributed by atoms with E-state index < -0.39 is 17.9 Å². The van der Waals surface area contributed by atoms with Gasteiger partial charge in [0.15, 0.2) is 6.61 Å². The number of carboxylic acids is 1. The van der Waals surface area contributed by atoms with Crippen LogP contribution in [0.3, 0.4) is 0 Å². The molecule has 0 saturated heterocycles. The lowest BCUT2D eigenvalue weighted by Gasteiger charge is -2.20. The van der Waals surface area contributed by atoms with Crippen LogP contribution in [0.5, 0.6) is 23.0 Å². The zero-order valence-corrected chi connectivity index (χ0v) is 15.9. The van der Waals surface area contributed by atoms with Crippen molar-refractivity contribution in [1.29, 1.82) is 0 Å². The van der Waals surface area contributed by atoms with Crippen LogP contribution in [0.2, 0.25) is 0 Å². The van der Waals surface area contributed by atoms with Crippen molar-refractivity contribution in [2.24, 2.45) is 0 Å². The summed E-state index contributed by atoms with van der Waals surface area (Å²) in [6.07, 6.45) is -0.312. The van der Waals surface area contributed by atoms with E-state index in [0.29, 0.717) is 28.6 Å². The molecule has 0 aromatic heterocycles. The molecule has 0 aliphatic rings. The Morgan fingerprint density at radius 3 is 2.29 bits per heavy atom. The van der Waals surface area contributed by atoms with Gasteiger partial charge in [0.1, 0.15) is 23.0 Å². The Labute approximate surface area is 163 Å². The van der Waals surface area contributed by atoms with Gasteiger partial charge in [0, 0.05) is 17.7 Å². The van der Waals surface area contributed by atoms with Crippen LogP contribution >= 0.6 is 0 Å². The highest BCUT2D eigenvalue weighted by Gasteiger charge is 2.22. The fourth-order valence-corrected chi connectivity index (χ4v) is 2.60. The van der Waals surface area contributed by atoms with Crippen LogP contribution in [0.4, 0.5) is 0 Å². The summed E-state index contributed by atoms with van der Waals surface area (Å²) in [5, 5.41) is 11.9. The second kappa shape index (κ2) is 10.1. The van der Waals surface area contributed by atoms with Crippen LogP contribution in [0, 0.1) is 0 Å². The van der Waals surface area contributed by atoms with Gasteiger partial charge in [0.05, 0.1) is 33.8 Å². The summed E-state index contributed by atoms with van der Waals surface area (Å²) in [5.74, 6) is 0.516. The summed E-state index contributed by atoms with van der Waals surface area (Å²) < 4.78 is 21.0. The molecule has 28 heavy (non-hydrogen) atoms. The molecule has 2 aromatic rings. The van der Waals surface area contributed by atoms with E-state index in [1.807, 2.05) is 0 Å². The largest absolute Gasteiger partial charge is 0.497 e. The van der Waals surface area contributed by atoms with Gasteiger partial charge in [-0.1, -0.05) is 6.07 Å². The maximum Gasteiger partial charge on any atom is 0.305 e. The zero-order valence-electron chi connectivity index (χ0n) is 15.9. The highest BCUT2D eigenvalue weighted by molar-refractivity contribution is 5.79. The topological polar surface area (TPSA) is 103 Å². The molecule has 1 unspecified atom stereocenters. The summed E-state index contributed by atoms with van der Waals surface area (Å²) in [5.41, 5.74) is 0.528. The molecule has 150 valence electrons. The van der Waals surface area contributed by atoms with Crippen molar-refractivity contribution in [2.45, 2.75) is 12.5 Å². The van der Waals surface area contributed by atoms with Crippen LogP contribution in [0.25, 0.3) is 0 Å². The summed E-state index contributed by atoms with van der Waals surface area (Å²) in [6.45, 7) is -0.276. The number of aliphatic carboxylic acids is 1. The zero-order chi connectivity index (χ0) is 20.5. The normalized spacial score (nSPS) is 11.2. The smallest absolute Gasteiger partial charge is 0.305 e. The minimum Gasteiger partial charge on any atom is -0.497 e. The summed E-state index contributed by atoms with van der Waals surface area (Å²) >= 11 is 0. The standard InChI is InChI=1S/C20H23NO7/c1-25-13-5-4-6-15(9-13)28-12-19(22)21-17(11-20(23)24)16-8-7-14(26-2)10-18(16)27-3/h4-10,17H,11-12H2,1-3H3,(H,21,22)(H,23,24). The molecule has 0 spiro atoms. The number of carbonyl (C=O) groups is 2. The summed E-state index contributed by atoms with van der Waals surface area (Å²) in [7, 11) is 4.51. The molecule has 0 fully saturated rings. The molecule has 0 bridgehead atoms. The molecule has 8 nitrogen and oxygen atoms in total. The van der Waals surface area contributed by atoms with E-state index in [1.54, 1.807) is 42.5 Å². The molecule has 0 heterocycles. The van der Waals surface area contributed by atoms with Gasteiger partial charge in [-0.2, -0.15) is 0 Å². The molecule has 1 atom stereocenters. The molecule has 0 saturated carbocycles. The second-order valence-corrected chi connectivity index (χ2v) is 5.79. The van der Waals surface area contributed by atoms with Crippen LogP contribution in [0.1, 0.15) is 18.0 Å². The van der Waals surface area contributed by atoms with Gasteiger partial charge in [0.25, 0.3) is 5.91 Å². The number of carboxylic acid groups (broad SMARTS) is 1. The molecule has 2 aromatic carbocycles. The number of amides is 1. The van der Waals surface area contributed by atoms with E-state index in [0.717, 1.165) is 0 Å². The Hall–Kier alpha value is -3.42. The first-order valence-corrected chi connectivity index (χ1v) is 8.46. The number of hydrogen-bond acceptors (Lipinski definition) is 6. The van der Waals surface area contributed by atoms with Gasteiger partial charge >= 0.3 is 5.97 Å². The fraction of sp³-hybridized carbons (Fsp3) is 0.300. The summed E-state index contributed by atoms with van der Waals surface area (Å²) in [4.78, 5) is 23.6. The predicted molar refractivity (Wildman–Crippen MR) is 101 cm³/mol. The van der Waals surface area contributed by atoms with Gasteiger partial charge in [-0.05, 0) is 24.3 Å². The average molecular weight is 389 g/mol. The molecular weight excluding hydrogens is 366 g/mol. The van der Waals surface area contributed by atoms with E-state index >= 15 is 0 Å². The van der Waals surface area contributed by atoms with Crippen molar-refractivity contribution in [3.05, 3.63) is 48.0 Å². The number of nitrogens with one attached hydrogen (secondary N) is 1. The van der Waals surface area contributed by atoms with Crippen molar-refractivity contribution in [2.75, 3.05) is 27.9 Å². The van der Waals surface area contributed by atoms with Crippen LogP contribution in [-0.4, -0.2) is 44.9 Å². The lowest BCUT2D eigenvalue weighted by Crippen LogP contribution is -2.34. The number of hydrogen-bond donors (Lipinski definition) is 2. The molecule has 0 aliphatic heterocycles. The van der Waals surface area contributed by atoms with Gasteiger partial charge < -0.3 is 29.4 Å². The second-order valence-electron chi connectivity index (χ2n) is 5.79. The van der Waals surface area contributed by atoms with Gasteiger partial charge in [0.2, 0.25) is 0 Å². The SMILES string of the molecule is COc1cccc(OCC(=O)NC(CC(=O)O)c2ccc(OC)cc2OC)c1. The minimum atomic E-state index is -1.06. The monoisotopic (exact) mass is 389 g/mol. The number of methoxy groups -OCH3 is 3. The molecule has 0 radical (unpaired) electrons. The Kier molecular flexibility index (Phi) is 7.50. The van der Waals surface area contributed by atoms with E-state index in [-0.39, 0.29) is 13.0 Å². The highest BCUT2D eigenvalue weighted by Crippen LogP contribution is 2.31. The van der Waals surface area contributed by atoms with E-state index in [9.17, 15) is 14.7 Å². The Bertz CT molecular complexity index is 822. The van der Waals surface area contributed by atoms with Gasteiger partial charge in [-0.3, -0.25) is 9.59 Å². The third kappa shape index (κ3) is 5.80. The average Bonchev–Trinajstić information content (AvgIpc) is 2.71. The van der Waals surface area contributed by atoms with Crippen molar-refractivity contribution in [1.82, 2.24) is 5.32 Å². The molecule has 1 amide bonds. The van der Waals surface area contributed by atoms with Crippen molar-refractivity contribution in [3.8, 4) is 23.0 Å². The Morgan fingerprint density at radius 2 is 1.64 bits per heavy atom. The Balaban J connectivity index is 2.11. The van der Waals surface area contributed by atoms with Gasteiger partial charge in [-0.25, -0.2) is 0 Å². The fourth-order valence-electron chi connectivity index (χ4n) is 2.60. The van der Waals surface area contributed by atoms with E-state index in [4.69, 9.17) is 18.9 Å². The molecular formula is C20H23NO7. The summed E-state index contributed by atoms with van der Waals surface area (Å²) in [6, 6.07) is 11.0.